The van der Waals surface area contributed by atoms with Crippen LogP contribution >= 0.6 is 0 Å². The maximum atomic E-state index is 12.7. The number of benzene rings is 1. The average Bonchev–Trinajstić information content (AvgIpc) is 3.10. The molecule has 3 unspecified atom stereocenters. The summed E-state index contributed by atoms with van der Waals surface area (Å²) in [7, 11) is 0. The van der Waals surface area contributed by atoms with Crippen molar-refractivity contribution in [1.82, 2.24) is 5.32 Å². The maximum absolute atomic E-state index is 12.7. The molecular formula is C27H34N2O7. The lowest BCUT2D eigenvalue weighted by atomic mass is 9.58. The highest BCUT2D eigenvalue weighted by Crippen LogP contribution is 2.60. The first kappa shape index (κ1) is 25.2. The molecule has 1 amide bonds. The Morgan fingerprint density at radius 2 is 1.92 bits per heavy atom. The van der Waals surface area contributed by atoms with Crippen molar-refractivity contribution in [2.45, 2.75) is 89.3 Å². The number of esters is 1. The van der Waals surface area contributed by atoms with E-state index >= 15 is 0 Å². The molecule has 4 aliphatic heterocycles. The van der Waals surface area contributed by atoms with Crippen molar-refractivity contribution in [2.24, 2.45) is 23.7 Å². The van der Waals surface area contributed by atoms with E-state index in [1.54, 1.807) is 24.3 Å². The molecule has 9 atom stereocenters. The third-order valence-corrected chi connectivity index (χ3v) is 8.47. The number of hydrogen-bond acceptors (Lipinski definition) is 8. The number of carbonyl (C=O) groups excluding carboxylic acids is 2. The Bertz CT molecular complexity index is 1030. The molecule has 9 nitrogen and oxygen atoms in total. The minimum Gasteiger partial charge on any atom is -0.435 e. The minimum absolute atomic E-state index is 0.0449. The minimum atomic E-state index is -0.902. The van der Waals surface area contributed by atoms with Crippen LogP contribution in [0.15, 0.2) is 30.3 Å². The number of ether oxygens (including phenoxy) is 3. The number of carbonyl (C=O) groups is 2. The van der Waals surface area contributed by atoms with Gasteiger partial charge >= 0.3 is 5.97 Å². The van der Waals surface area contributed by atoms with Crippen molar-refractivity contribution in [1.29, 1.82) is 5.26 Å². The van der Waals surface area contributed by atoms with Crippen molar-refractivity contribution in [3.8, 4) is 6.07 Å². The van der Waals surface area contributed by atoms with Crippen LogP contribution in [0, 0.1) is 35.0 Å². The van der Waals surface area contributed by atoms with Gasteiger partial charge in [-0.3, -0.25) is 9.59 Å². The number of amides is 1. The SMILES string of the molecule is C[C@@H]1CCC2[C@@H](C)[C@H](OC(=O)CCC(=O)NC(C#N)c3ccccc3)O[C@@H]3O[C@]4(C)CCC1[C@@]23OO4. The Labute approximate surface area is 211 Å². The smallest absolute Gasteiger partial charge is 0.308 e. The fourth-order valence-corrected chi connectivity index (χ4v) is 6.48. The Balaban J connectivity index is 1.21. The van der Waals surface area contributed by atoms with Crippen LogP contribution in [0.5, 0.6) is 0 Å². The van der Waals surface area contributed by atoms with Crippen molar-refractivity contribution < 1.29 is 33.6 Å². The summed E-state index contributed by atoms with van der Waals surface area (Å²) in [5, 5.41) is 12.1. The summed E-state index contributed by atoms with van der Waals surface area (Å²) in [6.07, 6.45) is 1.86. The summed E-state index contributed by atoms with van der Waals surface area (Å²) < 4.78 is 18.3. The van der Waals surface area contributed by atoms with E-state index in [2.05, 4.69) is 18.3 Å². The second kappa shape index (κ2) is 9.75. The van der Waals surface area contributed by atoms with Crippen LogP contribution in [0.1, 0.15) is 70.9 Å². The molecule has 194 valence electrons. The molecule has 1 saturated carbocycles. The van der Waals surface area contributed by atoms with Crippen LogP contribution in [0.4, 0.5) is 0 Å². The Hall–Kier alpha value is -2.51. The monoisotopic (exact) mass is 498 g/mol. The Morgan fingerprint density at radius 3 is 2.67 bits per heavy atom. The summed E-state index contributed by atoms with van der Waals surface area (Å²) in [5.41, 5.74) is -0.0356. The van der Waals surface area contributed by atoms with E-state index in [-0.39, 0.29) is 30.6 Å². The fraction of sp³-hybridized carbons (Fsp3) is 0.667. The molecule has 0 aromatic heterocycles. The third kappa shape index (κ3) is 4.41. The molecule has 9 heteroatoms. The van der Waals surface area contributed by atoms with Gasteiger partial charge in [0.1, 0.15) is 6.04 Å². The van der Waals surface area contributed by atoms with Crippen LogP contribution in [-0.2, 0) is 33.6 Å². The molecular weight excluding hydrogens is 464 g/mol. The van der Waals surface area contributed by atoms with Crippen LogP contribution in [0.2, 0.25) is 0 Å². The van der Waals surface area contributed by atoms with Crippen molar-refractivity contribution in [3.63, 3.8) is 0 Å². The van der Waals surface area contributed by atoms with Gasteiger partial charge in [0.05, 0.1) is 12.5 Å². The quantitative estimate of drug-likeness (QED) is 0.464. The van der Waals surface area contributed by atoms with E-state index in [0.29, 0.717) is 17.9 Å². The standard InChI is InChI=1S/C27H34N2O7/c1-16-9-10-20-17(2)24(33-25-27(20)19(16)13-14-26(3,34-25)35-36-27)32-23(31)12-11-22(30)29-21(15-28)18-7-5-4-6-8-18/h4-8,16-17,19-21,24-25H,9-14H2,1-3H3,(H,29,30)/t16-,17-,19?,20?,21?,24-,25-,26+,27-/m1/s1. The molecule has 1 aromatic carbocycles. The number of rotatable bonds is 6. The molecule has 4 saturated heterocycles. The van der Waals surface area contributed by atoms with Crippen molar-refractivity contribution >= 4 is 11.9 Å². The van der Waals surface area contributed by atoms with Gasteiger partial charge in [-0.1, -0.05) is 44.2 Å². The average molecular weight is 499 g/mol. The molecule has 36 heavy (non-hydrogen) atoms. The zero-order chi connectivity index (χ0) is 25.5. The van der Waals surface area contributed by atoms with Crippen LogP contribution in [0.25, 0.3) is 0 Å². The molecule has 1 aliphatic carbocycles. The molecule has 0 radical (unpaired) electrons. The first-order valence-corrected chi connectivity index (χ1v) is 12.9. The van der Waals surface area contributed by atoms with E-state index in [1.807, 2.05) is 19.9 Å². The van der Waals surface area contributed by atoms with Crippen molar-refractivity contribution in [2.75, 3.05) is 0 Å². The van der Waals surface area contributed by atoms with Gasteiger partial charge < -0.3 is 19.5 Å². The van der Waals surface area contributed by atoms with E-state index in [0.717, 1.165) is 19.3 Å². The Morgan fingerprint density at radius 1 is 1.14 bits per heavy atom. The van der Waals surface area contributed by atoms with Gasteiger partial charge in [-0.15, -0.1) is 0 Å². The molecule has 1 aromatic rings. The van der Waals surface area contributed by atoms with E-state index in [4.69, 9.17) is 24.0 Å². The van der Waals surface area contributed by atoms with Gasteiger partial charge in [-0.05, 0) is 43.6 Å². The summed E-state index contributed by atoms with van der Waals surface area (Å²) >= 11 is 0. The van der Waals surface area contributed by atoms with Crippen LogP contribution < -0.4 is 5.32 Å². The molecule has 1 spiro atoms. The Kier molecular flexibility index (Phi) is 6.81. The molecule has 1 N–H and O–H groups in total. The first-order chi connectivity index (χ1) is 17.3. The number of fused-ring (bicyclic) bond motifs is 2. The van der Waals surface area contributed by atoms with Gasteiger partial charge in [0, 0.05) is 24.7 Å². The topological polar surface area (TPSA) is 116 Å². The lowest BCUT2D eigenvalue weighted by Gasteiger charge is -2.59. The predicted molar refractivity (Wildman–Crippen MR) is 125 cm³/mol. The fourth-order valence-electron chi connectivity index (χ4n) is 6.48. The first-order valence-electron chi connectivity index (χ1n) is 12.9. The van der Waals surface area contributed by atoms with E-state index in [9.17, 15) is 14.9 Å². The summed E-state index contributed by atoms with van der Waals surface area (Å²) in [5.74, 6) is -1.25. The highest BCUT2D eigenvalue weighted by atomic mass is 17.3. The maximum Gasteiger partial charge on any atom is 0.308 e. The normalized spacial score (nSPS) is 39.7. The number of nitriles is 1. The zero-order valence-corrected chi connectivity index (χ0v) is 21.0. The number of nitrogens with zero attached hydrogens (tertiary/aromatic N) is 1. The lowest BCUT2D eigenvalue weighted by Crippen LogP contribution is -2.70. The number of nitrogens with one attached hydrogen (secondary N) is 1. The molecule has 2 bridgehead atoms. The number of hydrogen-bond donors (Lipinski definition) is 1. The largest absolute Gasteiger partial charge is 0.435 e. The van der Waals surface area contributed by atoms with Crippen LogP contribution in [-0.4, -0.2) is 35.8 Å². The third-order valence-electron chi connectivity index (χ3n) is 8.47. The van der Waals surface area contributed by atoms with Gasteiger partial charge in [-0.2, -0.15) is 5.26 Å². The van der Waals surface area contributed by atoms with Crippen molar-refractivity contribution in [3.05, 3.63) is 35.9 Å². The van der Waals surface area contributed by atoms with Gasteiger partial charge in [0.25, 0.3) is 0 Å². The highest BCUT2D eigenvalue weighted by Gasteiger charge is 2.69. The van der Waals surface area contributed by atoms with Gasteiger partial charge in [0.15, 0.2) is 11.9 Å². The predicted octanol–water partition coefficient (Wildman–Crippen LogP) is 3.90. The zero-order valence-electron chi connectivity index (χ0n) is 21.0. The lowest BCUT2D eigenvalue weighted by molar-refractivity contribution is -0.576. The second-order valence-corrected chi connectivity index (χ2v) is 10.8. The molecule has 6 rings (SSSR count). The summed E-state index contributed by atoms with van der Waals surface area (Å²) in [6.45, 7) is 6.10. The molecule has 5 aliphatic rings. The van der Waals surface area contributed by atoms with E-state index < -0.39 is 41.9 Å². The van der Waals surface area contributed by atoms with E-state index in [1.165, 1.54) is 0 Å². The highest BCUT2D eigenvalue weighted by molar-refractivity contribution is 5.81. The van der Waals surface area contributed by atoms with Crippen LogP contribution in [0.3, 0.4) is 0 Å². The molecule has 5 fully saturated rings. The second-order valence-electron chi connectivity index (χ2n) is 10.8. The van der Waals surface area contributed by atoms with Gasteiger partial charge in [-0.25, -0.2) is 9.78 Å². The molecule has 4 heterocycles. The summed E-state index contributed by atoms with van der Waals surface area (Å²) in [4.78, 5) is 37.0. The summed E-state index contributed by atoms with van der Waals surface area (Å²) in [6, 6.07) is 10.3. The van der Waals surface area contributed by atoms with Gasteiger partial charge in [0.2, 0.25) is 18.0 Å².